The Bertz CT molecular complexity index is 1880. The lowest BCUT2D eigenvalue weighted by molar-refractivity contribution is 0.272. The van der Waals surface area contributed by atoms with Gasteiger partial charge in [0, 0.05) is 55.1 Å². The zero-order valence-electron chi connectivity index (χ0n) is 23.2. The number of benzene rings is 3. The smallest absolute Gasteiger partial charge is 0.332 e. The summed E-state index contributed by atoms with van der Waals surface area (Å²) in [5, 5.41) is 2.94. The highest BCUT2D eigenvalue weighted by atomic mass is 35.5. The summed E-state index contributed by atoms with van der Waals surface area (Å²) >= 11 is 6.51. The summed E-state index contributed by atoms with van der Waals surface area (Å²) in [6.07, 6.45) is 0. The Morgan fingerprint density at radius 3 is 2.42 bits per heavy atom. The molecule has 0 bridgehead atoms. The van der Waals surface area contributed by atoms with Crippen LogP contribution in [0.2, 0.25) is 5.02 Å². The van der Waals surface area contributed by atoms with Crippen molar-refractivity contribution in [1.82, 2.24) is 14.1 Å². The van der Waals surface area contributed by atoms with Crippen molar-refractivity contribution >= 4 is 44.9 Å². The van der Waals surface area contributed by atoms with Gasteiger partial charge < -0.3 is 15.4 Å². The minimum absolute atomic E-state index is 0.0770. The van der Waals surface area contributed by atoms with E-state index in [1.54, 1.807) is 25.2 Å². The van der Waals surface area contributed by atoms with Crippen molar-refractivity contribution in [3.63, 3.8) is 0 Å². The number of anilines is 2. The molecule has 206 valence electrons. The Kier molecular flexibility index (Phi) is 7.40. The van der Waals surface area contributed by atoms with E-state index in [0.717, 1.165) is 21.0 Å². The average Bonchev–Trinajstić information content (AvgIpc) is 2.96. The van der Waals surface area contributed by atoms with Gasteiger partial charge in [0.1, 0.15) is 11.6 Å². The monoisotopic (exact) mass is 557 g/mol. The van der Waals surface area contributed by atoms with Crippen LogP contribution in [0.4, 0.5) is 11.5 Å². The van der Waals surface area contributed by atoms with Gasteiger partial charge in [-0.3, -0.25) is 13.9 Å². The number of fused-ring (bicyclic) bond motifs is 2. The number of rotatable bonds is 7. The lowest BCUT2D eigenvalue weighted by atomic mass is 9.95. The predicted molar refractivity (Wildman–Crippen MR) is 163 cm³/mol. The fourth-order valence-electron chi connectivity index (χ4n) is 4.97. The molecular formula is C31H32ClN5O3. The van der Waals surface area contributed by atoms with Crippen LogP contribution < -0.4 is 26.6 Å². The second-order valence-corrected chi connectivity index (χ2v) is 10.8. The molecule has 0 aliphatic carbocycles. The summed E-state index contributed by atoms with van der Waals surface area (Å²) in [6.45, 7) is 4.67. The van der Waals surface area contributed by atoms with Crippen molar-refractivity contribution in [2.45, 2.75) is 20.4 Å². The van der Waals surface area contributed by atoms with Crippen LogP contribution in [-0.2, 0) is 20.6 Å². The van der Waals surface area contributed by atoms with Gasteiger partial charge in [-0.15, -0.1) is 0 Å². The van der Waals surface area contributed by atoms with E-state index in [1.807, 2.05) is 42.3 Å². The number of ether oxygens (including phenoxy) is 1. The number of nitrogens with zero attached hydrogens (tertiary/aromatic N) is 4. The highest BCUT2D eigenvalue weighted by Gasteiger charge is 2.26. The highest BCUT2D eigenvalue weighted by molar-refractivity contribution is 6.31. The third-order valence-electron chi connectivity index (χ3n) is 7.09. The van der Waals surface area contributed by atoms with Crippen molar-refractivity contribution in [3.05, 3.63) is 92.1 Å². The maximum absolute atomic E-state index is 13.7. The minimum atomic E-state index is -0.474. The molecule has 9 heteroatoms. The van der Waals surface area contributed by atoms with Crippen LogP contribution in [0.1, 0.15) is 19.4 Å². The Hall–Kier alpha value is -4.14. The van der Waals surface area contributed by atoms with Crippen LogP contribution in [0.5, 0.6) is 5.75 Å². The first kappa shape index (κ1) is 27.4. The normalized spacial score (nSPS) is 11.5. The number of hydrogen-bond donors (Lipinski definition) is 1. The van der Waals surface area contributed by atoms with E-state index in [0.29, 0.717) is 39.9 Å². The van der Waals surface area contributed by atoms with E-state index < -0.39 is 11.2 Å². The summed E-state index contributed by atoms with van der Waals surface area (Å²) < 4.78 is 8.67. The van der Waals surface area contributed by atoms with Crippen molar-refractivity contribution < 1.29 is 4.74 Å². The fourth-order valence-corrected chi connectivity index (χ4v) is 5.14. The standard InChI is InChI=1S/C31H32ClN5O3/c1-18(2)17-40-25-13-11-21(32)15-23(25)26-24(16-33)28(34-29-27(26)30(38)37(5)31(39)36(29)4)35(3)22-12-10-19-8-6-7-9-20(19)14-22/h6-15,18H,16-17,33H2,1-5H3. The molecule has 2 N–H and O–H groups in total. The number of halogens is 1. The lowest BCUT2D eigenvalue weighted by Gasteiger charge is -2.26. The van der Waals surface area contributed by atoms with Crippen molar-refractivity contribution in [1.29, 1.82) is 0 Å². The van der Waals surface area contributed by atoms with Gasteiger partial charge in [-0.25, -0.2) is 9.78 Å². The summed E-state index contributed by atoms with van der Waals surface area (Å²) in [6, 6.07) is 19.5. The molecule has 2 aromatic heterocycles. The van der Waals surface area contributed by atoms with Gasteiger partial charge >= 0.3 is 5.69 Å². The first-order valence-corrected chi connectivity index (χ1v) is 13.5. The molecule has 5 rings (SSSR count). The Balaban J connectivity index is 1.89. The molecule has 0 aliphatic rings. The second-order valence-electron chi connectivity index (χ2n) is 10.3. The third kappa shape index (κ3) is 4.74. The largest absolute Gasteiger partial charge is 0.493 e. The van der Waals surface area contributed by atoms with E-state index in [-0.39, 0.29) is 23.5 Å². The molecule has 0 saturated carbocycles. The molecule has 40 heavy (non-hydrogen) atoms. The SMILES string of the molecule is CC(C)COc1ccc(Cl)cc1-c1c(CN)c(N(C)c2ccc3ccccc3c2)nc2c1c(=O)n(C)c(=O)n2C. The third-order valence-corrected chi connectivity index (χ3v) is 7.33. The van der Waals surface area contributed by atoms with Crippen LogP contribution in [0.25, 0.3) is 32.9 Å². The maximum Gasteiger partial charge on any atom is 0.332 e. The van der Waals surface area contributed by atoms with Crippen LogP contribution >= 0.6 is 11.6 Å². The van der Waals surface area contributed by atoms with Gasteiger partial charge in [-0.2, -0.15) is 0 Å². The fraction of sp³-hybridized carbons (Fsp3) is 0.258. The van der Waals surface area contributed by atoms with E-state index in [2.05, 4.69) is 26.0 Å². The van der Waals surface area contributed by atoms with Gasteiger partial charge in [-0.05, 0) is 47.0 Å². The van der Waals surface area contributed by atoms with Crippen molar-refractivity contribution in [2.24, 2.45) is 25.7 Å². The first-order valence-electron chi connectivity index (χ1n) is 13.1. The van der Waals surface area contributed by atoms with Crippen LogP contribution in [-0.4, -0.2) is 27.8 Å². The lowest BCUT2D eigenvalue weighted by Crippen LogP contribution is -2.38. The van der Waals surface area contributed by atoms with Crippen LogP contribution in [0.15, 0.2) is 70.3 Å². The summed E-state index contributed by atoms with van der Waals surface area (Å²) in [5.74, 6) is 1.36. The molecule has 0 fully saturated rings. The van der Waals surface area contributed by atoms with E-state index in [9.17, 15) is 9.59 Å². The molecule has 2 heterocycles. The molecule has 0 atom stereocenters. The van der Waals surface area contributed by atoms with Gasteiger partial charge in [0.2, 0.25) is 0 Å². The number of nitrogens with two attached hydrogens (primary N) is 1. The minimum Gasteiger partial charge on any atom is -0.493 e. The maximum atomic E-state index is 13.7. The van der Waals surface area contributed by atoms with E-state index >= 15 is 0 Å². The average molecular weight is 558 g/mol. The molecule has 0 unspecified atom stereocenters. The molecule has 0 aliphatic heterocycles. The van der Waals surface area contributed by atoms with Crippen LogP contribution in [0, 0.1) is 5.92 Å². The Morgan fingerprint density at radius 2 is 1.73 bits per heavy atom. The van der Waals surface area contributed by atoms with Crippen molar-refractivity contribution in [3.8, 4) is 16.9 Å². The van der Waals surface area contributed by atoms with Gasteiger partial charge in [-0.1, -0.05) is 55.8 Å². The Morgan fingerprint density at radius 1 is 1.00 bits per heavy atom. The topological polar surface area (TPSA) is 95.4 Å². The van der Waals surface area contributed by atoms with Crippen LogP contribution in [0.3, 0.4) is 0 Å². The molecule has 8 nitrogen and oxygen atoms in total. The highest BCUT2D eigenvalue weighted by Crippen LogP contribution is 2.42. The zero-order valence-corrected chi connectivity index (χ0v) is 24.0. The zero-order chi connectivity index (χ0) is 28.7. The number of hydrogen-bond acceptors (Lipinski definition) is 6. The van der Waals surface area contributed by atoms with E-state index in [4.69, 9.17) is 27.1 Å². The van der Waals surface area contributed by atoms with E-state index in [1.165, 1.54) is 11.6 Å². The van der Waals surface area contributed by atoms with Gasteiger partial charge in [0.25, 0.3) is 5.56 Å². The second kappa shape index (κ2) is 10.8. The molecule has 3 aromatic carbocycles. The molecule has 0 saturated heterocycles. The number of aryl methyl sites for hydroxylation is 1. The summed E-state index contributed by atoms with van der Waals surface area (Å²) in [7, 11) is 4.96. The van der Waals surface area contributed by atoms with Crippen molar-refractivity contribution in [2.75, 3.05) is 18.6 Å². The first-order chi connectivity index (χ1) is 19.1. The molecular weight excluding hydrogens is 526 g/mol. The van der Waals surface area contributed by atoms with Gasteiger partial charge in [0.15, 0.2) is 5.65 Å². The summed E-state index contributed by atoms with van der Waals surface area (Å²) in [4.78, 5) is 33.5. The quantitative estimate of drug-likeness (QED) is 0.289. The molecule has 5 aromatic rings. The molecule has 0 radical (unpaired) electrons. The molecule has 0 spiro atoms. The molecule has 0 amide bonds. The number of aromatic nitrogens is 3. The number of pyridine rings is 1. The summed E-state index contributed by atoms with van der Waals surface area (Å²) in [5.41, 5.74) is 8.42. The predicted octanol–water partition coefficient (Wildman–Crippen LogP) is 5.37. The Labute approximate surface area is 237 Å². The van der Waals surface area contributed by atoms with Gasteiger partial charge in [0.05, 0.1) is 12.0 Å².